The van der Waals surface area contributed by atoms with Crippen molar-refractivity contribution in [2.75, 3.05) is 25.5 Å². The number of ether oxygens (including phenoxy) is 1. The SMILES string of the molecule is COc1cc(NCC(C)CCN)ccn1. The molecule has 1 aromatic heterocycles. The van der Waals surface area contributed by atoms with Crippen LogP contribution in [0.1, 0.15) is 13.3 Å². The lowest BCUT2D eigenvalue weighted by atomic mass is 10.1. The highest BCUT2D eigenvalue weighted by Crippen LogP contribution is 2.14. The van der Waals surface area contributed by atoms with Crippen molar-refractivity contribution in [3.63, 3.8) is 0 Å². The molecule has 0 amide bonds. The van der Waals surface area contributed by atoms with Gasteiger partial charge in [-0.3, -0.25) is 0 Å². The smallest absolute Gasteiger partial charge is 0.214 e. The van der Waals surface area contributed by atoms with E-state index >= 15 is 0 Å². The molecule has 0 spiro atoms. The van der Waals surface area contributed by atoms with Gasteiger partial charge < -0.3 is 15.8 Å². The van der Waals surface area contributed by atoms with Gasteiger partial charge in [0, 0.05) is 24.5 Å². The first-order valence-electron chi connectivity index (χ1n) is 5.20. The zero-order valence-electron chi connectivity index (χ0n) is 9.36. The molecule has 1 aromatic rings. The molecule has 3 N–H and O–H groups in total. The molecule has 1 rings (SSSR count). The van der Waals surface area contributed by atoms with Crippen molar-refractivity contribution in [3.8, 4) is 5.88 Å². The van der Waals surface area contributed by atoms with Crippen LogP contribution in [0.3, 0.4) is 0 Å². The van der Waals surface area contributed by atoms with E-state index < -0.39 is 0 Å². The average molecular weight is 209 g/mol. The van der Waals surface area contributed by atoms with Crippen LogP contribution in [0.4, 0.5) is 5.69 Å². The minimum atomic E-state index is 0.578. The molecule has 1 unspecified atom stereocenters. The van der Waals surface area contributed by atoms with Gasteiger partial charge in [0.25, 0.3) is 0 Å². The Morgan fingerprint density at radius 3 is 3.07 bits per heavy atom. The van der Waals surface area contributed by atoms with Gasteiger partial charge in [0.2, 0.25) is 5.88 Å². The molecule has 4 heteroatoms. The standard InChI is InChI=1S/C11H19N3O/c1-9(3-5-12)8-14-10-4-6-13-11(7-10)15-2/h4,6-7,9H,3,5,8,12H2,1-2H3,(H,13,14). The van der Waals surface area contributed by atoms with Gasteiger partial charge in [-0.15, -0.1) is 0 Å². The fourth-order valence-corrected chi connectivity index (χ4v) is 1.31. The highest BCUT2D eigenvalue weighted by Gasteiger charge is 2.01. The van der Waals surface area contributed by atoms with Crippen molar-refractivity contribution in [1.29, 1.82) is 0 Å². The van der Waals surface area contributed by atoms with Crippen LogP contribution in [0, 0.1) is 5.92 Å². The summed E-state index contributed by atoms with van der Waals surface area (Å²) in [6.07, 6.45) is 2.77. The lowest BCUT2D eigenvalue weighted by molar-refractivity contribution is 0.398. The average Bonchev–Trinajstić information content (AvgIpc) is 2.27. The maximum Gasteiger partial charge on any atom is 0.214 e. The minimum Gasteiger partial charge on any atom is -0.481 e. The van der Waals surface area contributed by atoms with Crippen LogP contribution < -0.4 is 15.8 Å². The van der Waals surface area contributed by atoms with Gasteiger partial charge in [-0.2, -0.15) is 0 Å². The number of nitrogens with zero attached hydrogens (tertiary/aromatic N) is 1. The topological polar surface area (TPSA) is 60.2 Å². The Hall–Kier alpha value is -1.29. The molecule has 84 valence electrons. The molecule has 0 fully saturated rings. The lowest BCUT2D eigenvalue weighted by Gasteiger charge is -2.12. The second-order valence-electron chi connectivity index (χ2n) is 3.65. The van der Waals surface area contributed by atoms with E-state index in [1.807, 2.05) is 12.1 Å². The Labute approximate surface area is 90.8 Å². The van der Waals surface area contributed by atoms with E-state index in [2.05, 4.69) is 17.2 Å². The maximum absolute atomic E-state index is 5.49. The van der Waals surface area contributed by atoms with Gasteiger partial charge in [0.15, 0.2) is 0 Å². The van der Waals surface area contributed by atoms with Gasteiger partial charge in [0.05, 0.1) is 7.11 Å². The Morgan fingerprint density at radius 1 is 1.60 bits per heavy atom. The van der Waals surface area contributed by atoms with Crippen LogP contribution >= 0.6 is 0 Å². The first-order valence-corrected chi connectivity index (χ1v) is 5.20. The number of rotatable bonds is 6. The van der Waals surface area contributed by atoms with Gasteiger partial charge >= 0.3 is 0 Å². The molecule has 0 saturated heterocycles. The zero-order valence-corrected chi connectivity index (χ0v) is 9.36. The van der Waals surface area contributed by atoms with Crippen molar-refractivity contribution in [2.45, 2.75) is 13.3 Å². The highest BCUT2D eigenvalue weighted by atomic mass is 16.5. The summed E-state index contributed by atoms with van der Waals surface area (Å²) in [5.74, 6) is 1.21. The second-order valence-corrected chi connectivity index (χ2v) is 3.65. The summed E-state index contributed by atoms with van der Waals surface area (Å²) in [6, 6.07) is 3.81. The van der Waals surface area contributed by atoms with Crippen molar-refractivity contribution < 1.29 is 4.74 Å². The summed E-state index contributed by atoms with van der Waals surface area (Å²) >= 11 is 0. The molecule has 1 heterocycles. The molecule has 1 atom stereocenters. The van der Waals surface area contributed by atoms with E-state index in [0.717, 1.165) is 25.2 Å². The number of hydrogen-bond donors (Lipinski definition) is 2. The third-order valence-electron chi connectivity index (χ3n) is 2.26. The van der Waals surface area contributed by atoms with Gasteiger partial charge in [-0.05, 0) is 24.9 Å². The van der Waals surface area contributed by atoms with Crippen molar-refractivity contribution >= 4 is 5.69 Å². The van der Waals surface area contributed by atoms with Crippen LogP contribution in [-0.4, -0.2) is 25.2 Å². The molecule has 4 nitrogen and oxygen atoms in total. The molecule has 0 aliphatic heterocycles. The van der Waals surface area contributed by atoms with E-state index in [1.165, 1.54) is 0 Å². The van der Waals surface area contributed by atoms with E-state index in [4.69, 9.17) is 10.5 Å². The van der Waals surface area contributed by atoms with E-state index in [-0.39, 0.29) is 0 Å². The van der Waals surface area contributed by atoms with Gasteiger partial charge in [-0.1, -0.05) is 6.92 Å². The molecule has 15 heavy (non-hydrogen) atoms. The first-order chi connectivity index (χ1) is 7.26. The number of nitrogens with two attached hydrogens (primary N) is 1. The molecule has 0 aliphatic carbocycles. The fourth-order valence-electron chi connectivity index (χ4n) is 1.31. The number of aromatic nitrogens is 1. The van der Waals surface area contributed by atoms with E-state index in [9.17, 15) is 0 Å². The quantitative estimate of drug-likeness (QED) is 0.745. The lowest BCUT2D eigenvalue weighted by Crippen LogP contribution is -2.15. The van der Waals surface area contributed by atoms with Crippen molar-refractivity contribution in [2.24, 2.45) is 11.7 Å². The summed E-state index contributed by atoms with van der Waals surface area (Å²) in [5.41, 5.74) is 6.52. The number of pyridine rings is 1. The maximum atomic E-state index is 5.49. The Balaban J connectivity index is 2.43. The fraction of sp³-hybridized carbons (Fsp3) is 0.545. The number of nitrogens with one attached hydrogen (secondary N) is 1. The Bertz CT molecular complexity index is 291. The Kier molecular flexibility index (Phi) is 4.90. The molecule has 0 saturated carbocycles. The predicted octanol–water partition coefficient (Wildman–Crippen LogP) is 1.49. The van der Waals surface area contributed by atoms with Gasteiger partial charge in [0.1, 0.15) is 0 Å². The Morgan fingerprint density at radius 2 is 2.40 bits per heavy atom. The summed E-state index contributed by atoms with van der Waals surface area (Å²) < 4.78 is 5.04. The third-order valence-corrected chi connectivity index (χ3v) is 2.26. The van der Waals surface area contributed by atoms with Crippen LogP contribution in [-0.2, 0) is 0 Å². The molecular weight excluding hydrogens is 190 g/mol. The monoisotopic (exact) mass is 209 g/mol. The third kappa shape index (κ3) is 4.16. The predicted molar refractivity (Wildman–Crippen MR) is 62.1 cm³/mol. The number of hydrogen-bond acceptors (Lipinski definition) is 4. The van der Waals surface area contributed by atoms with E-state index in [1.54, 1.807) is 13.3 Å². The van der Waals surface area contributed by atoms with Crippen LogP contribution in [0.25, 0.3) is 0 Å². The van der Waals surface area contributed by atoms with Crippen molar-refractivity contribution in [3.05, 3.63) is 18.3 Å². The highest BCUT2D eigenvalue weighted by molar-refractivity contribution is 5.44. The summed E-state index contributed by atoms with van der Waals surface area (Å²) in [7, 11) is 1.61. The zero-order chi connectivity index (χ0) is 11.1. The van der Waals surface area contributed by atoms with Crippen LogP contribution in [0.5, 0.6) is 5.88 Å². The summed E-state index contributed by atoms with van der Waals surface area (Å²) in [5, 5.41) is 3.33. The molecule has 0 radical (unpaired) electrons. The molecule has 0 bridgehead atoms. The summed E-state index contributed by atoms with van der Waals surface area (Å²) in [4.78, 5) is 4.04. The molecular formula is C11H19N3O. The largest absolute Gasteiger partial charge is 0.481 e. The summed E-state index contributed by atoms with van der Waals surface area (Å²) in [6.45, 7) is 3.84. The minimum absolute atomic E-state index is 0.578. The molecule has 0 aromatic carbocycles. The van der Waals surface area contributed by atoms with Crippen LogP contribution in [0.15, 0.2) is 18.3 Å². The molecule has 0 aliphatic rings. The van der Waals surface area contributed by atoms with Gasteiger partial charge in [-0.25, -0.2) is 4.98 Å². The van der Waals surface area contributed by atoms with Crippen molar-refractivity contribution in [1.82, 2.24) is 4.98 Å². The second kappa shape index (κ2) is 6.24. The normalized spacial score (nSPS) is 12.2. The first kappa shape index (κ1) is 11.8. The number of methoxy groups -OCH3 is 1. The van der Waals surface area contributed by atoms with Crippen LogP contribution in [0.2, 0.25) is 0 Å². The number of anilines is 1. The van der Waals surface area contributed by atoms with E-state index in [0.29, 0.717) is 11.8 Å².